The molecule has 23 heavy (non-hydrogen) atoms. The summed E-state index contributed by atoms with van der Waals surface area (Å²) in [5.74, 6) is 1.33. The third-order valence-electron chi connectivity index (χ3n) is 4.23. The maximum atomic E-state index is 6.03. The van der Waals surface area contributed by atoms with E-state index in [9.17, 15) is 0 Å². The minimum Gasteiger partial charge on any atom is -0.385 e. The first-order chi connectivity index (χ1) is 11.0. The molecular weight excluding hydrogens is 304 g/mol. The van der Waals surface area contributed by atoms with Gasteiger partial charge in [0.1, 0.15) is 7.05 Å². The van der Waals surface area contributed by atoms with Gasteiger partial charge >= 0.3 is 0 Å². The Labute approximate surface area is 145 Å². The zero-order chi connectivity index (χ0) is 16.7. The number of halogens is 1. The van der Waals surface area contributed by atoms with Crippen LogP contribution in [0.5, 0.6) is 0 Å². The molecule has 3 heteroatoms. The summed E-state index contributed by atoms with van der Waals surface area (Å²) in [5.41, 5.74) is 2.58. The van der Waals surface area contributed by atoms with Crippen molar-refractivity contribution in [2.75, 3.05) is 11.9 Å². The van der Waals surface area contributed by atoms with Crippen LogP contribution in [0.3, 0.4) is 0 Å². The van der Waals surface area contributed by atoms with E-state index in [1.54, 1.807) is 0 Å². The highest BCUT2D eigenvalue weighted by atomic mass is 35.5. The van der Waals surface area contributed by atoms with Crippen molar-refractivity contribution in [3.8, 4) is 0 Å². The van der Waals surface area contributed by atoms with Crippen LogP contribution in [-0.4, -0.2) is 6.54 Å². The molecule has 1 aromatic heterocycles. The molecule has 124 valence electrons. The molecule has 2 nitrogen and oxygen atoms in total. The Kier molecular flexibility index (Phi) is 6.91. The van der Waals surface area contributed by atoms with Crippen molar-refractivity contribution in [3.63, 3.8) is 0 Å². The van der Waals surface area contributed by atoms with Crippen molar-refractivity contribution >= 4 is 17.3 Å². The molecule has 0 aliphatic heterocycles. The number of benzene rings is 1. The largest absolute Gasteiger partial charge is 0.385 e. The molecule has 1 atom stereocenters. The predicted octanol–water partition coefficient (Wildman–Crippen LogP) is 5.19. The fraction of sp³-hybridized carbons (Fsp3) is 0.450. The van der Waals surface area contributed by atoms with E-state index in [0.717, 1.165) is 23.9 Å². The molecule has 2 aromatic rings. The second-order valence-electron chi connectivity index (χ2n) is 6.69. The smallest absolute Gasteiger partial charge is 0.170 e. The molecule has 0 aliphatic carbocycles. The fourth-order valence-corrected chi connectivity index (χ4v) is 2.88. The van der Waals surface area contributed by atoms with Crippen LogP contribution in [0.2, 0.25) is 5.02 Å². The molecule has 0 amide bonds. The van der Waals surface area contributed by atoms with E-state index in [0.29, 0.717) is 5.92 Å². The van der Waals surface area contributed by atoms with Crippen LogP contribution >= 0.6 is 11.6 Å². The zero-order valence-electron chi connectivity index (χ0n) is 14.4. The van der Waals surface area contributed by atoms with Gasteiger partial charge in [-0.15, -0.1) is 0 Å². The van der Waals surface area contributed by atoms with Crippen molar-refractivity contribution in [1.82, 2.24) is 0 Å². The summed E-state index contributed by atoms with van der Waals surface area (Å²) in [6.07, 6.45) is 7.75. The Morgan fingerprint density at radius 1 is 0.957 bits per heavy atom. The fourth-order valence-electron chi connectivity index (χ4n) is 2.76. The van der Waals surface area contributed by atoms with Gasteiger partial charge in [-0.05, 0) is 42.4 Å². The Morgan fingerprint density at radius 3 is 2.22 bits per heavy atom. The third kappa shape index (κ3) is 6.23. The maximum Gasteiger partial charge on any atom is 0.170 e. The van der Waals surface area contributed by atoms with E-state index in [1.807, 2.05) is 23.7 Å². The third-order valence-corrected chi connectivity index (χ3v) is 4.49. The van der Waals surface area contributed by atoms with Crippen molar-refractivity contribution in [3.05, 3.63) is 59.4 Å². The van der Waals surface area contributed by atoms with Crippen LogP contribution in [0.4, 0.5) is 5.69 Å². The molecule has 1 aromatic carbocycles. The Morgan fingerprint density at radius 2 is 1.61 bits per heavy atom. The summed E-state index contributed by atoms with van der Waals surface area (Å²) in [7, 11) is 2.03. The number of hydrogen-bond donors (Lipinski definition) is 1. The predicted molar refractivity (Wildman–Crippen MR) is 99.0 cm³/mol. The van der Waals surface area contributed by atoms with E-state index in [1.165, 1.54) is 24.1 Å². The number of aromatic nitrogens is 1. The highest BCUT2D eigenvalue weighted by molar-refractivity contribution is 6.30. The number of pyridine rings is 1. The van der Waals surface area contributed by atoms with Gasteiger partial charge in [0.05, 0.1) is 0 Å². The van der Waals surface area contributed by atoms with E-state index in [-0.39, 0.29) is 0 Å². The van der Waals surface area contributed by atoms with Crippen molar-refractivity contribution in [2.45, 2.75) is 39.0 Å². The van der Waals surface area contributed by atoms with Crippen LogP contribution < -0.4 is 9.88 Å². The standard InChI is InChI=1S/C20H27ClN2/c1-16(2)4-5-18(17-6-8-19(21)9-7-17)10-13-22-20-11-14-23(3)15-12-20/h6-9,11-12,14-16,18H,4-5,10,13H2,1-3H3/p+1. The summed E-state index contributed by atoms with van der Waals surface area (Å²) < 4.78 is 2.05. The minimum absolute atomic E-state index is 0.585. The van der Waals surface area contributed by atoms with Gasteiger partial charge < -0.3 is 5.32 Å². The first-order valence-corrected chi connectivity index (χ1v) is 8.87. The second kappa shape index (κ2) is 8.93. The lowest BCUT2D eigenvalue weighted by Gasteiger charge is -2.19. The first-order valence-electron chi connectivity index (χ1n) is 8.49. The molecule has 1 N–H and O–H groups in total. The lowest BCUT2D eigenvalue weighted by Crippen LogP contribution is -2.25. The average Bonchev–Trinajstić information content (AvgIpc) is 2.53. The first kappa shape index (κ1) is 17.8. The van der Waals surface area contributed by atoms with Gasteiger partial charge in [-0.25, -0.2) is 4.57 Å². The number of aryl methyl sites for hydroxylation is 1. The number of nitrogens with one attached hydrogen (secondary N) is 1. The lowest BCUT2D eigenvalue weighted by molar-refractivity contribution is -0.671. The van der Waals surface area contributed by atoms with Crippen molar-refractivity contribution in [2.24, 2.45) is 13.0 Å². The normalized spacial score (nSPS) is 12.4. The van der Waals surface area contributed by atoms with Crippen molar-refractivity contribution < 1.29 is 4.57 Å². The van der Waals surface area contributed by atoms with Crippen LogP contribution in [0, 0.1) is 5.92 Å². The molecule has 2 rings (SSSR count). The molecule has 0 spiro atoms. The van der Waals surface area contributed by atoms with Gasteiger partial charge in [0.25, 0.3) is 0 Å². The molecule has 0 radical (unpaired) electrons. The maximum absolute atomic E-state index is 6.03. The molecule has 1 unspecified atom stereocenters. The lowest BCUT2D eigenvalue weighted by atomic mass is 9.89. The molecule has 1 heterocycles. The van der Waals surface area contributed by atoms with Gasteiger partial charge in [0.15, 0.2) is 12.4 Å². The Balaban J connectivity index is 1.93. The Bertz CT molecular complexity index is 576. The van der Waals surface area contributed by atoms with Crippen LogP contribution in [-0.2, 0) is 7.05 Å². The van der Waals surface area contributed by atoms with Crippen LogP contribution in [0.25, 0.3) is 0 Å². The van der Waals surface area contributed by atoms with Gasteiger partial charge in [-0.3, -0.25) is 0 Å². The van der Waals surface area contributed by atoms with Gasteiger partial charge in [-0.1, -0.05) is 44.0 Å². The molecule has 0 saturated carbocycles. The molecule has 0 bridgehead atoms. The number of rotatable bonds is 8. The summed E-state index contributed by atoms with van der Waals surface area (Å²) in [6.45, 7) is 5.57. The van der Waals surface area contributed by atoms with E-state index >= 15 is 0 Å². The van der Waals surface area contributed by atoms with Crippen molar-refractivity contribution in [1.29, 1.82) is 0 Å². The van der Waals surface area contributed by atoms with Gasteiger partial charge in [-0.2, -0.15) is 0 Å². The summed E-state index contributed by atoms with van der Waals surface area (Å²) in [5, 5.41) is 4.34. The average molecular weight is 332 g/mol. The molecule has 0 fully saturated rings. The second-order valence-corrected chi connectivity index (χ2v) is 7.12. The molecule has 0 saturated heterocycles. The number of hydrogen-bond acceptors (Lipinski definition) is 1. The summed E-state index contributed by atoms with van der Waals surface area (Å²) in [6, 6.07) is 12.6. The number of anilines is 1. The highest BCUT2D eigenvalue weighted by Crippen LogP contribution is 2.28. The zero-order valence-corrected chi connectivity index (χ0v) is 15.2. The SMILES string of the molecule is CC(C)CCC(CCNc1cc[n+](C)cc1)c1ccc(Cl)cc1. The Hall–Kier alpha value is -1.54. The highest BCUT2D eigenvalue weighted by Gasteiger charge is 2.12. The topological polar surface area (TPSA) is 15.9 Å². The van der Waals surface area contributed by atoms with Gasteiger partial charge in [0.2, 0.25) is 0 Å². The summed E-state index contributed by atoms with van der Waals surface area (Å²) in [4.78, 5) is 0. The molecule has 0 aliphatic rings. The monoisotopic (exact) mass is 331 g/mol. The number of nitrogens with zero attached hydrogens (tertiary/aromatic N) is 1. The minimum atomic E-state index is 0.585. The quantitative estimate of drug-likeness (QED) is 0.658. The van der Waals surface area contributed by atoms with E-state index in [2.05, 4.69) is 55.8 Å². The van der Waals surface area contributed by atoms with E-state index < -0.39 is 0 Å². The molecular formula is C20H28ClN2+. The van der Waals surface area contributed by atoms with E-state index in [4.69, 9.17) is 11.6 Å². The van der Waals surface area contributed by atoms with Crippen LogP contribution in [0.1, 0.15) is 44.6 Å². The van der Waals surface area contributed by atoms with Gasteiger partial charge in [0, 0.05) is 29.4 Å². The van der Waals surface area contributed by atoms with Crippen LogP contribution in [0.15, 0.2) is 48.8 Å². The summed E-state index contributed by atoms with van der Waals surface area (Å²) >= 11 is 6.03.